The van der Waals surface area contributed by atoms with Crippen LogP contribution in [0.15, 0.2) is 12.1 Å². The molecule has 0 heterocycles. The van der Waals surface area contributed by atoms with Gasteiger partial charge in [-0.3, -0.25) is 0 Å². The average Bonchev–Trinajstić information content (AvgIpc) is 2.29. The van der Waals surface area contributed by atoms with Crippen LogP contribution in [0, 0.1) is 0 Å². The fraction of sp³-hybridized carbons (Fsp3) is 0.400. The van der Waals surface area contributed by atoms with E-state index in [1.54, 1.807) is 12.1 Å². The van der Waals surface area contributed by atoms with Gasteiger partial charge in [-0.15, -0.1) is 0 Å². The van der Waals surface area contributed by atoms with Gasteiger partial charge in [-0.05, 0) is 11.6 Å². The zero-order chi connectivity index (χ0) is 12.3. The summed E-state index contributed by atoms with van der Waals surface area (Å²) in [6, 6.07) is 2.47. The van der Waals surface area contributed by atoms with Crippen molar-refractivity contribution in [3.63, 3.8) is 0 Å². The Morgan fingerprint density at radius 3 is 2.50 bits per heavy atom. The molecule has 0 spiro atoms. The Morgan fingerprint density at radius 2 is 2.00 bits per heavy atom. The minimum atomic E-state index is -0.859. The molecule has 1 aromatic carbocycles. The van der Waals surface area contributed by atoms with Gasteiger partial charge in [-0.1, -0.05) is 23.2 Å². The summed E-state index contributed by atoms with van der Waals surface area (Å²) in [5, 5.41) is 10.3. The maximum absolute atomic E-state index is 9.54. The first kappa shape index (κ1) is 13.5. The van der Waals surface area contributed by atoms with E-state index in [1.807, 2.05) is 0 Å². The highest BCUT2D eigenvalue weighted by molar-refractivity contribution is 6.34. The Bertz CT molecular complexity index is 374. The molecule has 1 rings (SSSR count). The Labute approximate surface area is 104 Å². The van der Waals surface area contributed by atoms with E-state index in [9.17, 15) is 5.11 Å². The van der Waals surface area contributed by atoms with Crippen LogP contribution in [0.4, 0.5) is 0 Å². The van der Waals surface area contributed by atoms with Gasteiger partial charge in [-0.2, -0.15) is 0 Å². The van der Waals surface area contributed by atoms with Crippen molar-refractivity contribution in [2.45, 2.75) is 12.1 Å². The van der Waals surface area contributed by atoms with Gasteiger partial charge in [0.1, 0.15) is 5.75 Å². The molecule has 0 amide bonds. The quantitative estimate of drug-likeness (QED) is 0.766. The highest BCUT2D eigenvalue weighted by Gasteiger charge is 2.19. The predicted octanol–water partition coefficient (Wildman–Crippen LogP) is 1.32. The normalized spacial score (nSPS) is 14.6. The topological polar surface area (TPSA) is 81.5 Å². The summed E-state index contributed by atoms with van der Waals surface area (Å²) in [5.41, 5.74) is 11.7. The molecule has 16 heavy (non-hydrogen) atoms. The van der Waals surface area contributed by atoms with Gasteiger partial charge >= 0.3 is 0 Å². The largest absolute Gasteiger partial charge is 0.495 e. The summed E-state index contributed by atoms with van der Waals surface area (Å²) in [6.07, 6.45) is -0.859. The van der Waals surface area contributed by atoms with Crippen molar-refractivity contribution in [2.75, 3.05) is 13.7 Å². The number of nitrogens with two attached hydrogens (primary N) is 2. The highest BCUT2D eigenvalue weighted by atomic mass is 35.5. The lowest BCUT2D eigenvalue weighted by Gasteiger charge is -2.19. The van der Waals surface area contributed by atoms with Crippen molar-refractivity contribution < 1.29 is 9.84 Å². The first-order valence-corrected chi connectivity index (χ1v) is 5.43. The van der Waals surface area contributed by atoms with E-state index in [-0.39, 0.29) is 6.54 Å². The Morgan fingerprint density at radius 1 is 1.38 bits per heavy atom. The fourth-order valence-corrected chi connectivity index (χ4v) is 1.84. The zero-order valence-corrected chi connectivity index (χ0v) is 10.3. The van der Waals surface area contributed by atoms with Gasteiger partial charge in [-0.25, -0.2) is 0 Å². The van der Waals surface area contributed by atoms with E-state index >= 15 is 0 Å². The molecule has 90 valence electrons. The number of rotatable bonds is 4. The zero-order valence-electron chi connectivity index (χ0n) is 8.78. The lowest BCUT2D eigenvalue weighted by molar-refractivity contribution is 0.153. The van der Waals surface area contributed by atoms with Crippen molar-refractivity contribution in [1.82, 2.24) is 0 Å². The molecule has 0 aliphatic carbocycles. The van der Waals surface area contributed by atoms with Crippen molar-refractivity contribution in [3.05, 3.63) is 27.7 Å². The summed E-state index contributed by atoms with van der Waals surface area (Å²) in [7, 11) is 1.49. The number of halogens is 2. The van der Waals surface area contributed by atoms with Crippen LogP contribution in [0.1, 0.15) is 11.6 Å². The third-order valence-corrected chi connectivity index (χ3v) is 2.91. The van der Waals surface area contributed by atoms with Crippen molar-refractivity contribution in [1.29, 1.82) is 0 Å². The first-order valence-electron chi connectivity index (χ1n) is 4.68. The SMILES string of the molecule is COc1cc(Cl)c(C(N)C(O)CN)cc1Cl. The molecule has 5 N–H and O–H groups in total. The Balaban J connectivity index is 3.10. The number of methoxy groups -OCH3 is 1. The van der Waals surface area contributed by atoms with E-state index in [1.165, 1.54) is 7.11 Å². The fourth-order valence-electron chi connectivity index (χ4n) is 1.31. The molecule has 0 aliphatic rings. The van der Waals surface area contributed by atoms with Crippen LogP contribution < -0.4 is 16.2 Å². The molecule has 0 aliphatic heterocycles. The van der Waals surface area contributed by atoms with E-state index < -0.39 is 12.1 Å². The standard InChI is InChI=1S/C10H14Cl2N2O2/c1-16-9-3-6(11)5(2-7(9)12)10(14)8(15)4-13/h2-3,8,10,15H,4,13-14H2,1H3. The van der Waals surface area contributed by atoms with E-state index in [0.29, 0.717) is 21.4 Å². The van der Waals surface area contributed by atoms with Crippen LogP contribution in [0.3, 0.4) is 0 Å². The van der Waals surface area contributed by atoms with Crippen molar-refractivity contribution in [2.24, 2.45) is 11.5 Å². The monoisotopic (exact) mass is 264 g/mol. The second-order valence-corrected chi connectivity index (χ2v) is 4.15. The number of aliphatic hydroxyl groups excluding tert-OH is 1. The molecule has 0 aromatic heterocycles. The second kappa shape index (κ2) is 5.70. The van der Waals surface area contributed by atoms with Gasteiger partial charge in [0.25, 0.3) is 0 Å². The molecule has 0 fully saturated rings. The van der Waals surface area contributed by atoms with E-state index in [2.05, 4.69) is 0 Å². The molecule has 2 unspecified atom stereocenters. The Kier molecular flexibility index (Phi) is 4.83. The molecule has 6 heteroatoms. The average molecular weight is 265 g/mol. The molecule has 0 radical (unpaired) electrons. The lowest BCUT2D eigenvalue weighted by atomic mass is 10.0. The third-order valence-electron chi connectivity index (χ3n) is 2.29. The molecule has 2 atom stereocenters. The maximum Gasteiger partial charge on any atom is 0.138 e. The van der Waals surface area contributed by atoms with Gasteiger partial charge in [0, 0.05) is 17.6 Å². The number of hydrogen-bond donors (Lipinski definition) is 3. The van der Waals surface area contributed by atoms with Gasteiger partial charge in [0.2, 0.25) is 0 Å². The molecular formula is C10H14Cl2N2O2. The predicted molar refractivity (Wildman–Crippen MR) is 65.0 cm³/mol. The molecule has 0 saturated carbocycles. The van der Waals surface area contributed by atoms with Crippen molar-refractivity contribution >= 4 is 23.2 Å². The molecular weight excluding hydrogens is 251 g/mol. The maximum atomic E-state index is 9.54. The summed E-state index contributed by atoms with van der Waals surface area (Å²) >= 11 is 11.9. The first-order chi connectivity index (χ1) is 7.51. The van der Waals surface area contributed by atoms with Crippen LogP contribution in [-0.4, -0.2) is 24.9 Å². The minimum absolute atomic E-state index is 0.0567. The lowest BCUT2D eigenvalue weighted by Crippen LogP contribution is -2.32. The van der Waals surface area contributed by atoms with Crippen LogP contribution >= 0.6 is 23.2 Å². The number of aliphatic hydroxyl groups is 1. The van der Waals surface area contributed by atoms with E-state index in [4.69, 9.17) is 39.4 Å². The minimum Gasteiger partial charge on any atom is -0.495 e. The third kappa shape index (κ3) is 2.78. The second-order valence-electron chi connectivity index (χ2n) is 3.34. The molecule has 4 nitrogen and oxygen atoms in total. The van der Waals surface area contributed by atoms with Crippen molar-refractivity contribution in [3.8, 4) is 5.75 Å². The molecule has 0 bridgehead atoms. The van der Waals surface area contributed by atoms with Crippen LogP contribution in [0.2, 0.25) is 10.0 Å². The molecule has 1 aromatic rings. The number of benzene rings is 1. The molecule has 0 saturated heterocycles. The number of hydrogen-bond acceptors (Lipinski definition) is 4. The summed E-state index contributed by atoms with van der Waals surface area (Å²) in [6.45, 7) is 0.0567. The highest BCUT2D eigenvalue weighted by Crippen LogP contribution is 2.34. The van der Waals surface area contributed by atoms with E-state index in [0.717, 1.165) is 0 Å². The number of ether oxygens (including phenoxy) is 1. The van der Waals surface area contributed by atoms with Gasteiger partial charge in [0.15, 0.2) is 0 Å². The summed E-state index contributed by atoms with van der Waals surface area (Å²) in [4.78, 5) is 0. The summed E-state index contributed by atoms with van der Waals surface area (Å²) in [5.74, 6) is 0.463. The Hall–Kier alpha value is -0.520. The van der Waals surface area contributed by atoms with Crippen LogP contribution in [-0.2, 0) is 0 Å². The van der Waals surface area contributed by atoms with Crippen LogP contribution in [0.25, 0.3) is 0 Å². The smallest absolute Gasteiger partial charge is 0.138 e. The van der Waals surface area contributed by atoms with Gasteiger partial charge in [0.05, 0.1) is 24.3 Å². The van der Waals surface area contributed by atoms with Crippen LogP contribution in [0.5, 0.6) is 5.75 Å². The van der Waals surface area contributed by atoms with Gasteiger partial charge < -0.3 is 21.3 Å². The summed E-state index contributed by atoms with van der Waals surface area (Å²) < 4.78 is 5.00.